The zero-order chi connectivity index (χ0) is 12.1. The minimum absolute atomic E-state index is 0.352. The fourth-order valence-corrected chi connectivity index (χ4v) is 2.82. The van der Waals surface area contributed by atoms with Crippen LogP contribution in [0.1, 0.15) is 37.9 Å². The van der Waals surface area contributed by atoms with Crippen LogP contribution in [0.5, 0.6) is 0 Å². The first-order chi connectivity index (χ1) is 8.23. The smallest absolute Gasteiger partial charge is 0.117 e. The fraction of sp³-hybridized carbons (Fsp3) is 0.714. The van der Waals surface area contributed by atoms with Crippen LogP contribution in [-0.2, 0) is 6.54 Å². The van der Waals surface area contributed by atoms with Gasteiger partial charge in [0.05, 0.1) is 12.8 Å². The first-order valence-corrected chi connectivity index (χ1v) is 6.63. The predicted octanol–water partition coefficient (Wildman–Crippen LogP) is 2.63. The average molecular weight is 236 g/mol. The zero-order valence-corrected chi connectivity index (χ0v) is 11.0. The highest BCUT2D eigenvalue weighted by molar-refractivity contribution is 4.99. The lowest BCUT2D eigenvalue weighted by Gasteiger charge is -2.43. The van der Waals surface area contributed by atoms with Crippen molar-refractivity contribution in [2.24, 2.45) is 0 Å². The molecule has 0 aliphatic heterocycles. The number of likely N-dealkylation sites (N-methyl/N-ethyl adjacent to an activating group) is 1. The van der Waals surface area contributed by atoms with E-state index in [0.717, 1.165) is 18.8 Å². The Kier molecular flexibility index (Phi) is 4.24. The van der Waals surface area contributed by atoms with Crippen LogP contribution < -0.4 is 5.32 Å². The van der Waals surface area contributed by atoms with Crippen LogP contribution in [0.2, 0.25) is 0 Å². The minimum atomic E-state index is 0.352. The second kappa shape index (κ2) is 5.69. The monoisotopic (exact) mass is 236 g/mol. The lowest BCUT2D eigenvalue weighted by atomic mass is 9.80. The molecule has 96 valence electrons. The number of furan rings is 1. The lowest BCUT2D eigenvalue weighted by Crippen LogP contribution is -2.52. The van der Waals surface area contributed by atoms with Gasteiger partial charge in [0.2, 0.25) is 0 Å². The Balaban J connectivity index is 1.85. The van der Waals surface area contributed by atoms with Crippen molar-refractivity contribution in [3.63, 3.8) is 0 Å². The molecule has 0 aromatic carbocycles. The first-order valence-electron chi connectivity index (χ1n) is 6.63. The number of hydrogen-bond acceptors (Lipinski definition) is 3. The molecule has 1 aliphatic carbocycles. The molecule has 3 heteroatoms. The molecule has 0 radical (unpaired) electrons. The van der Waals surface area contributed by atoms with Crippen LogP contribution in [0.15, 0.2) is 22.8 Å². The third-order valence-corrected chi connectivity index (χ3v) is 4.07. The topological polar surface area (TPSA) is 28.4 Å². The van der Waals surface area contributed by atoms with E-state index in [1.54, 1.807) is 6.26 Å². The molecule has 1 aromatic rings. The van der Waals surface area contributed by atoms with Gasteiger partial charge in [0.15, 0.2) is 0 Å². The molecule has 0 spiro atoms. The summed E-state index contributed by atoms with van der Waals surface area (Å²) in [6.07, 6.45) is 8.48. The molecule has 1 saturated carbocycles. The number of hydrogen-bond donors (Lipinski definition) is 1. The van der Waals surface area contributed by atoms with Crippen LogP contribution in [0.4, 0.5) is 0 Å². The summed E-state index contributed by atoms with van der Waals surface area (Å²) in [4.78, 5) is 2.40. The standard InChI is InChI=1S/C14H24N2O/c1-16(2)14(8-4-3-5-9-14)12-15-11-13-7-6-10-17-13/h6-7,10,15H,3-5,8-9,11-12H2,1-2H3. The summed E-state index contributed by atoms with van der Waals surface area (Å²) in [5.41, 5.74) is 0.352. The van der Waals surface area contributed by atoms with Crippen molar-refractivity contribution in [3.05, 3.63) is 24.2 Å². The van der Waals surface area contributed by atoms with Crippen molar-refractivity contribution < 1.29 is 4.42 Å². The van der Waals surface area contributed by atoms with Crippen molar-refractivity contribution in [2.45, 2.75) is 44.2 Å². The Bertz CT molecular complexity index is 313. The summed E-state index contributed by atoms with van der Waals surface area (Å²) < 4.78 is 5.34. The van der Waals surface area contributed by atoms with Gasteiger partial charge in [-0.3, -0.25) is 0 Å². The molecule has 0 bridgehead atoms. The molecule has 0 amide bonds. The van der Waals surface area contributed by atoms with Gasteiger partial charge in [0.1, 0.15) is 5.76 Å². The van der Waals surface area contributed by atoms with Gasteiger partial charge < -0.3 is 14.6 Å². The van der Waals surface area contributed by atoms with E-state index in [9.17, 15) is 0 Å². The van der Waals surface area contributed by atoms with Crippen LogP contribution in [0.3, 0.4) is 0 Å². The van der Waals surface area contributed by atoms with E-state index < -0.39 is 0 Å². The van der Waals surface area contributed by atoms with Crippen molar-refractivity contribution >= 4 is 0 Å². The van der Waals surface area contributed by atoms with E-state index >= 15 is 0 Å². The van der Waals surface area contributed by atoms with Crippen molar-refractivity contribution in [3.8, 4) is 0 Å². The summed E-state index contributed by atoms with van der Waals surface area (Å²) in [5.74, 6) is 1.02. The SMILES string of the molecule is CN(C)C1(CNCc2ccco2)CCCCC1. The fourth-order valence-electron chi connectivity index (χ4n) is 2.82. The number of nitrogens with zero attached hydrogens (tertiary/aromatic N) is 1. The Morgan fingerprint density at radius 2 is 2.06 bits per heavy atom. The highest BCUT2D eigenvalue weighted by Crippen LogP contribution is 2.31. The molecule has 17 heavy (non-hydrogen) atoms. The lowest BCUT2D eigenvalue weighted by molar-refractivity contribution is 0.0978. The molecule has 2 rings (SSSR count). The minimum Gasteiger partial charge on any atom is -0.468 e. The third-order valence-electron chi connectivity index (χ3n) is 4.07. The molecule has 1 fully saturated rings. The van der Waals surface area contributed by atoms with Gasteiger partial charge in [-0.15, -0.1) is 0 Å². The van der Waals surface area contributed by atoms with Gasteiger partial charge in [0, 0.05) is 12.1 Å². The van der Waals surface area contributed by atoms with Gasteiger partial charge in [0.25, 0.3) is 0 Å². The van der Waals surface area contributed by atoms with Gasteiger partial charge >= 0.3 is 0 Å². The third kappa shape index (κ3) is 3.11. The molecular formula is C14H24N2O. The Labute approximate surface area is 104 Å². The van der Waals surface area contributed by atoms with Crippen LogP contribution in [0.25, 0.3) is 0 Å². The van der Waals surface area contributed by atoms with Gasteiger partial charge in [-0.25, -0.2) is 0 Å². The maximum absolute atomic E-state index is 5.34. The summed E-state index contributed by atoms with van der Waals surface area (Å²) in [6.45, 7) is 1.89. The van der Waals surface area contributed by atoms with Crippen LogP contribution >= 0.6 is 0 Å². The summed E-state index contributed by atoms with van der Waals surface area (Å²) in [6, 6.07) is 3.97. The summed E-state index contributed by atoms with van der Waals surface area (Å²) in [7, 11) is 4.42. The van der Waals surface area contributed by atoms with E-state index in [1.165, 1.54) is 32.1 Å². The Morgan fingerprint density at radius 3 is 2.65 bits per heavy atom. The van der Waals surface area contributed by atoms with E-state index in [4.69, 9.17) is 4.42 Å². The molecule has 3 nitrogen and oxygen atoms in total. The molecule has 0 saturated heterocycles. The average Bonchev–Trinajstić information content (AvgIpc) is 2.83. The van der Waals surface area contributed by atoms with Crippen LogP contribution in [0, 0.1) is 0 Å². The van der Waals surface area contributed by atoms with E-state index in [2.05, 4.69) is 24.3 Å². The second-order valence-electron chi connectivity index (χ2n) is 5.36. The van der Waals surface area contributed by atoms with Crippen molar-refractivity contribution in [1.82, 2.24) is 10.2 Å². The maximum Gasteiger partial charge on any atom is 0.117 e. The highest BCUT2D eigenvalue weighted by Gasteiger charge is 2.33. The first kappa shape index (κ1) is 12.7. The number of rotatable bonds is 5. The Morgan fingerprint density at radius 1 is 1.29 bits per heavy atom. The van der Waals surface area contributed by atoms with Gasteiger partial charge in [-0.2, -0.15) is 0 Å². The van der Waals surface area contributed by atoms with E-state index in [-0.39, 0.29) is 0 Å². The summed E-state index contributed by atoms with van der Waals surface area (Å²) in [5, 5.41) is 3.54. The normalized spacial score (nSPS) is 19.7. The summed E-state index contributed by atoms with van der Waals surface area (Å²) >= 11 is 0. The van der Waals surface area contributed by atoms with Gasteiger partial charge in [-0.1, -0.05) is 19.3 Å². The zero-order valence-electron chi connectivity index (χ0n) is 11.0. The molecular weight excluding hydrogens is 212 g/mol. The molecule has 1 aliphatic rings. The maximum atomic E-state index is 5.34. The predicted molar refractivity (Wildman–Crippen MR) is 69.9 cm³/mol. The second-order valence-corrected chi connectivity index (χ2v) is 5.36. The molecule has 1 aromatic heterocycles. The molecule has 1 N–H and O–H groups in total. The Hall–Kier alpha value is -0.800. The molecule has 1 heterocycles. The largest absolute Gasteiger partial charge is 0.468 e. The highest BCUT2D eigenvalue weighted by atomic mass is 16.3. The van der Waals surface area contributed by atoms with Crippen molar-refractivity contribution in [2.75, 3.05) is 20.6 Å². The van der Waals surface area contributed by atoms with Crippen molar-refractivity contribution in [1.29, 1.82) is 0 Å². The van der Waals surface area contributed by atoms with E-state index in [1.807, 2.05) is 12.1 Å². The van der Waals surface area contributed by atoms with E-state index in [0.29, 0.717) is 5.54 Å². The quantitative estimate of drug-likeness (QED) is 0.852. The van der Waals surface area contributed by atoms with Gasteiger partial charge in [-0.05, 0) is 39.1 Å². The van der Waals surface area contributed by atoms with Crippen LogP contribution in [-0.4, -0.2) is 31.1 Å². The number of nitrogens with one attached hydrogen (secondary N) is 1. The molecule has 0 unspecified atom stereocenters. The molecule has 0 atom stereocenters.